The van der Waals surface area contributed by atoms with Crippen molar-refractivity contribution >= 4 is 11.6 Å². The second-order valence-corrected chi connectivity index (χ2v) is 8.59. The van der Waals surface area contributed by atoms with E-state index in [-0.39, 0.29) is 5.41 Å². The molecule has 3 atom stereocenters. The van der Waals surface area contributed by atoms with Gasteiger partial charge in [0.15, 0.2) is 0 Å². The highest BCUT2D eigenvalue weighted by Crippen LogP contribution is 2.45. The maximum atomic E-state index is 11.0. The van der Waals surface area contributed by atoms with Gasteiger partial charge in [0.2, 0.25) is 0 Å². The molecule has 3 rings (SSSR count). The van der Waals surface area contributed by atoms with Crippen LogP contribution in [0.25, 0.3) is 0 Å². The van der Waals surface area contributed by atoms with Gasteiger partial charge in [-0.3, -0.25) is 4.90 Å². The molecule has 2 saturated heterocycles. The molecule has 2 aliphatic rings. The molecule has 2 heterocycles. The lowest BCUT2D eigenvalue weighted by atomic mass is 9.67. The third-order valence-corrected chi connectivity index (χ3v) is 6.29. The lowest BCUT2D eigenvalue weighted by Gasteiger charge is -2.52. The van der Waals surface area contributed by atoms with Gasteiger partial charge in [0.1, 0.15) is 0 Å². The van der Waals surface area contributed by atoms with Crippen LogP contribution in [0.15, 0.2) is 24.3 Å². The molecule has 0 radical (unpaired) electrons. The Hall–Kier alpha value is -0.570. The molecule has 1 N–H and O–H groups in total. The van der Waals surface area contributed by atoms with Crippen molar-refractivity contribution in [3.05, 3.63) is 34.9 Å². The summed E-state index contributed by atoms with van der Waals surface area (Å²) >= 11 is 6.38. The molecule has 122 valence electrons. The van der Waals surface area contributed by atoms with Crippen LogP contribution < -0.4 is 0 Å². The topological polar surface area (TPSA) is 23.5 Å². The zero-order valence-corrected chi connectivity index (χ0v) is 14.7. The first-order valence-corrected chi connectivity index (χ1v) is 8.89. The molecule has 0 spiro atoms. The Kier molecular flexibility index (Phi) is 4.30. The average Bonchev–Trinajstić information content (AvgIpc) is 2.46. The lowest BCUT2D eigenvalue weighted by Crippen LogP contribution is -2.57. The largest absolute Gasteiger partial charge is 0.389 e. The van der Waals surface area contributed by atoms with Crippen molar-refractivity contribution in [2.45, 2.75) is 64.0 Å². The van der Waals surface area contributed by atoms with Gasteiger partial charge in [-0.25, -0.2) is 0 Å². The van der Waals surface area contributed by atoms with Crippen LogP contribution in [-0.2, 0) is 0 Å². The van der Waals surface area contributed by atoms with Crippen molar-refractivity contribution in [2.75, 3.05) is 13.1 Å². The Morgan fingerprint density at radius 1 is 1.23 bits per heavy atom. The van der Waals surface area contributed by atoms with Crippen LogP contribution in [0.5, 0.6) is 0 Å². The van der Waals surface area contributed by atoms with E-state index in [9.17, 15) is 5.11 Å². The van der Waals surface area contributed by atoms with Crippen LogP contribution in [-0.4, -0.2) is 34.7 Å². The number of halogens is 1. The summed E-state index contributed by atoms with van der Waals surface area (Å²) in [6.07, 6.45) is 4.12. The number of hydrogen-bond acceptors (Lipinski definition) is 2. The average molecular weight is 322 g/mol. The van der Waals surface area contributed by atoms with Gasteiger partial charge < -0.3 is 5.11 Å². The number of piperidine rings is 2. The normalized spacial score (nSPS) is 33.5. The molecule has 3 heteroatoms. The second kappa shape index (κ2) is 5.81. The van der Waals surface area contributed by atoms with Crippen LogP contribution in [0.2, 0.25) is 5.02 Å². The summed E-state index contributed by atoms with van der Waals surface area (Å²) in [6, 6.07) is 8.78. The second-order valence-electron chi connectivity index (χ2n) is 8.18. The first-order valence-electron chi connectivity index (χ1n) is 8.51. The number of nitrogens with zero attached hydrogens (tertiary/aromatic N) is 1. The van der Waals surface area contributed by atoms with E-state index in [4.69, 9.17) is 11.6 Å². The minimum absolute atomic E-state index is 0.0430. The highest BCUT2D eigenvalue weighted by molar-refractivity contribution is 6.31. The minimum Gasteiger partial charge on any atom is -0.389 e. The van der Waals surface area contributed by atoms with Gasteiger partial charge in [-0.2, -0.15) is 0 Å². The van der Waals surface area contributed by atoms with Gasteiger partial charge >= 0.3 is 0 Å². The van der Waals surface area contributed by atoms with Crippen LogP contribution in [0.4, 0.5) is 0 Å². The quantitative estimate of drug-likeness (QED) is 0.825. The fourth-order valence-corrected chi connectivity index (χ4v) is 4.46. The third kappa shape index (κ3) is 2.93. The Balaban J connectivity index is 1.71. The summed E-state index contributed by atoms with van der Waals surface area (Å²) in [5, 5.41) is 11.9. The molecule has 0 amide bonds. The van der Waals surface area contributed by atoms with Gasteiger partial charge in [0, 0.05) is 24.2 Å². The van der Waals surface area contributed by atoms with Crippen LogP contribution >= 0.6 is 11.6 Å². The summed E-state index contributed by atoms with van der Waals surface area (Å²) in [5.41, 5.74) is 0.726. The molecule has 2 nitrogen and oxygen atoms in total. The Morgan fingerprint density at radius 3 is 2.64 bits per heavy atom. The number of benzene rings is 1. The molecule has 1 aromatic carbocycles. The smallest absolute Gasteiger partial charge is 0.0722 e. The van der Waals surface area contributed by atoms with Crippen molar-refractivity contribution in [1.29, 1.82) is 0 Å². The van der Waals surface area contributed by atoms with E-state index in [0.717, 1.165) is 37.4 Å². The first kappa shape index (κ1) is 16.3. The lowest BCUT2D eigenvalue weighted by molar-refractivity contribution is -0.122. The van der Waals surface area contributed by atoms with Gasteiger partial charge in [-0.05, 0) is 48.6 Å². The first-order chi connectivity index (χ1) is 10.3. The van der Waals surface area contributed by atoms with Crippen LogP contribution in [0, 0.1) is 5.41 Å². The SMILES string of the molecule is CC(C)(C)[C@@]1(O)CCN2C[C@H](c3ccccc3Cl)CC[C@@H]2C1. The Bertz CT molecular complexity index is 538. The summed E-state index contributed by atoms with van der Waals surface area (Å²) < 4.78 is 0. The Labute approximate surface area is 139 Å². The Morgan fingerprint density at radius 2 is 1.95 bits per heavy atom. The molecule has 0 aliphatic carbocycles. The number of rotatable bonds is 1. The van der Waals surface area contributed by atoms with Gasteiger partial charge in [0.25, 0.3) is 0 Å². The summed E-state index contributed by atoms with van der Waals surface area (Å²) in [4.78, 5) is 2.58. The molecule has 0 saturated carbocycles. The van der Waals surface area contributed by atoms with Crippen LogP contribution in [0.1, 0.15) is 57.9 Å². The van der Waals surface area contributed by atoms with Crippen molar-refractivity contribution in [3.63, 3.8) is 0 Å². The monoisotopic (exact) mass is 321 g/mol. The summed E-state index contributed by atoms with van der Waals surface area (Å²) in [5.74, 6) is 0.533. The van der Waals surface area contributed by atoms with E-state index in [1.165, 1.54) is 12.0 Å². The van der Waals surface area contributed by atoms with E-state index in [0.29, 0.717) is 12.0 Å². The molecular formula is C19H28ClNO. The van der Waals surface area contributed by atoms with Crippen molar-refractivity contribution in [1.82, 2.24) is 4.90 Å². The molecule has 0 aromatic heterocycles. The summed E-state index contributed by atoms with van der Waals surface area (Å²) in [6.45, 7) is 8.57. The number of hydrogen-bond donors (Lipinski definition) is 1. The standard InChI is InChI=1S/C19H28ClNO/c1-18(2,3)19(22)10-11-21-13-14(8-9-15(21)12-19)16-6-4-5-7-17(16)20/h4-7,14-15,22H,8-13H2,1-3H3/t14-,15-,19-/m1/s1. The van der Waals surface area contributed by atoms with E-state index >= 15 is 0 Å². The van der Waals surface area contributed by atoms with Crippen molar-refractivity contribution < 1.29 is 5.11 Å². The van der Waals surface area contributed by atoms with Crippen LogP contribution in [0.3, 0.4) is 0 Å². The molecule has 0 unspecified atom stereocenters. The predicted molar refractivity (Wildman–Crippen MR) is 92.4 cm³/mol. The molecule has 2 fully saturated rings. The third-order valence-electron chi connectivity index (χ3n) is 5.95. The van der Waals surface area contributed by atoms with E-state index in [1.54, 1.807) is 0 Å². The maximum absolute atomic E-state index is 11.0. The molecule has 1 aromatic rings. The van der Waals surface area contributed by atoms with Crippen molar-refractivity contribution in [3.8, 4) is 0 Å². The van der Waals surface area contributed by atoms with Gasteiger partial charge in [0.05, 0.1) is 5.60 Å². The zero-order valence-electron chi connectivity index (χ0n) is 14.0. The fraction of sp³-hybridized carbons (Fsp3) is 0.684. The zero-order chi connectivity index (χ0) is 16.0. The van der Waals surface area contributed by atoms with Gasteiger partial charge in [-0.15, -0.1) is 0 Å². The number of aliphatic hydroxyl groups is 1. The van der Waals surface area contributed by atoms with E-state index in [2.05, 4.69) is 37.8 Å². The summed E-state index contributed by atoms with van der Waals surface area (Å²) in [7, 11) is 0. The highest BCUT2D eigenvalue weighted by atomic mass is 35.5. The maximum Gasteiger partial charge on any atom is 0.0722 e. The molecular weight excluding hydrogens is 294 g/mol. The van der Waals surface area contributed by atoms with E-state index in [1.807, 2.05) is 12.1 Å². The minimum atomic E-state index is -0.522. The van der Waals surface area contributed by atoms with Crippen molar-refractivity contribution in [2.24, 2.45) is 5.41 Å². The highest BCUT2D eigenvalue weighted by Gasteiger charge is 2.47. The molecule has 2 aliphatic heterocycles. The van der Waals surface area contributed by atoms with Gasteiger partial charge in [-0.1, -0.05) is 50.6 Å². The molecule has 0 bridgehead atoms. The molecule has 22 heavy (non-hydrogen) atoms. The predicted octanol–water partition coefficient (Wildman–Crippen LogP) is 4.46. The van der Waals surface area contributed by atoms with E-state index < -0.39 is 5.60 Å². The number of fused-ring (bicyclic) bond motifs is 1. The fourth-order valence-electron chi connectivity index (χ4n) is 4.17.